The number of aromatic amines is 2. The first kappa shape index (κ1) is 14.2. The molecule has 0 atom stereocenters. The van der Waals surface area contributed by atoms with Gasteiger partial charge in [-0.15, -0.1) is 0 Å². The van der Waals surface area contributed by atoms with Gasteiger partial charge in [-0.3, -0.25) is 14.7 Å². The minimum absolute atomic E-state index is 0.127. The van der Waals surface area contributed by atoms with Crippen molar-refractivity contribution in [2.24, 2.45) is 0 Å². The van der Waals surface area contributed by atoms with E-state index < -0.39 is 5.56 Å². The predicted octanol–water partition coefficient (Wildman–Crippen LogP) is 2.91. The van der Waals surface area contributed by atoms with Gasteiger partial charge in [0.25, 0.3) is 5.56 Å². The fraction of sp³-hybridized carbons (Fsp3) is 0.0556. The fourth-order valence-electron chi connectivity index (χ4n) is 2.77. The lowest BCUT2D eigenvalue weighted by Crippen LogP contribution is -2.20. The Morgan fingerprint density at radius 1 is 1.04 bits per heavy atom. The second-order valence-electron chi connectivity index (χ2n) is 5.50. The van der Waals surface area contributed by atoms with Crippen LogP contribution in [0.25, 0.3) is 28.2 Å². The smallest absolute Gasteiger partial charge is 0.285 e. The number of para-hydroxylation sites is 2. The zero-order valence-electron chi connectivity index (χ0n) is 12.9. The number of hydrogen-bond donors (Lipinski definition) is 2. The van der Waals surface area contributed by atoms with E-state index in [1.807, 2.05) is 54.6 Å². The summed E-state index contributed by atoms with van der Waals surface area (Å²) < 4.78 is 1.28. The van der Waals surface area contributed by atoms with Crippen molar-refractivity contribution in [1.82, 2.24) is 19.7 Å². The molecule has 0 fully saturated rings. The number of imidazole rings is 1. The average Bonchev–Trinajstić information content (AvgIpc) is 3.16. The Balaban J connectivity index is 1.97. The molecule has 0 radical (unpaired) electrons. The van der Waals surface area contributed by atoms with Crippen molar-refractivity contribution in [2.75, 3.05) is 0 Å². The molecule has 0 unspecified atom stereocenters. The van der Waals surface area contributed by atoms with Crippen molar-refractivity contribution in [1.29, 1.82) is 0 Å². The molecule has 2 aromatic heterocycles. The highest BCUT2D eigenvalue weighted by molar-refractivity contribution is 5.99. The van der Waals surface area contributed by atoms with Gasteiger partial charge in [-0.25, -0.2) is 4.98 Å². The summed E-state index contributed by atoms with van der Waals surface area (Å²) in [6.45, 7) is 1.39. The lowest BCUT2D eigenvalue weighted by molar-refractivity contribution is 0.101. The van der Waals surface area contributed by atoms with Crippen LogP contribution in [0.2, 0.25) is 0 Å². The van der Waals surface area contributed by atoms with Crippen LogP contribution >= 0.6 is 0 Å². The highest BCUT2D eigenvalue weighted by atomic mass is 16.2. The van der Waals surface area contributed by atoms with E-state index >= 15 is 0 Å². The molecule has 6 nitrogen and oxygen atoms in total. The number of aromatic nitrogens is 4. The Bertz CT molecular complexity index is 1070. The van der Waals surface area contributed by atoms with Gasteiger partial charge in [0.2, 0.25) is 5.95 Å². The molecule has 6 heteroatoms. The third-order valence-electron chi connectivity index (χ3n) is 3.89. The summed E-state index contributed by atoms with van der Waals surface area (Å²) in [6.07, 6.45) is 0. The van der Waals surface area contributed by atoms with E-state index in [-0.39, 0.29) is 11.3 Å². The van der Waals surface area contributed by atoms with Crippen LogP contribution in [0.5, 0.6) is 0 Å². The van der Waals surface area contributed by atoms with Crippen LogP contribution in [0.4, 0.5) is 0 Å². The van der Waals surface area contributed by atoms with Crippen molar-refractivity contribution in [3.8, 4) is 17.2 Å². The molecule has 0 aliphatic heterocycles. The lowest BCUT2D eigenvalue weighted by Gasteiger charge is -1.99. The Morgan fingerprint density at radius 2 is 1.75 bits per heavy atom. The van der Waals surface area contributed by atoms with Crippen LogP contribution in [0, 0.1) is 0 Å². The number of Topliss-reactive ketones (excluding diaryl/α,β-unsaturated/α-hetero) is 1. The molecule has 0 spiro atoms. The van der Waals surface area contributed by atoms with Crippen molar-refractivity contribution in [2.45, 2.75) is 6.92 Å². The van der Waals surface area contributed by atoms with Crippen LogP contribution in [0.1, 0.15) is 17.3 Å². The summed E-state index contributed by atoms with van der Waals surface area (Å²) in [5, 5.41) is 3.01. The van der Waals surface area contributed by atoms with Crippen LogP contribution in [-0.4, -0.2) is 25.5 Å². The molecule has 0 saturated heterocycles. The molecule has 0 aliphatic rings. The predicted molar refractivity (Wildman–Crippen MR) is 91.5 cm³/mol. The topological polar surface area (TPSA) is 83.5 Å². The summed E-state index contributed by atoms with van der Waals surface area (Å²) in [5.74, 6) is 0.0656. The molecule has 2 N–H and O–H groups in total. The number of nitrogens with zero attached hydrogens (tertiary/aromatic N) is 2. The second-order valence-corrected chi connectivity index (χ2v) is 5.50. The highest BCUT2D eigenvalue weighted by Crippen LogP contribution is 2.21. The van der Waals surface area contributed by atoms with E-state index in [0.29, 0.717) is 11.6 Å². The third-order valence-corrected chi connectivity index (χ3v) is 3.89. The minimum atomic E-state index is -0.416. The Hall–Kier alpha value is -3.41. The SMILES string of the molecule is CC(=O)c1c(-c2ccccc2)[nH]n(-c2nc3ccccc3[nH]2)c1=O. The highest BCUT2D eigenvalue weighted by Gasteiger charge is 2.21. The van der Waals surface area contributed by atoms with Gasteiger partial charge in [0.15, 0.2) is 5.78 Å². The molecule has 2 heterocycles. The number of carbonyl (C=O) groups is 1. The lowest BCUT2D eigenvalue weighted by atomic mass is 10.1. The molecular weight excluding hydrogens is 304 g/mol. The summed E-state index contributed by atoms with van der Waals surface area (Å²) in [7, 11) is 0. The van der Waals surface area contributed by atoms with Crippen LogP contribution in [0.15, 0.2) is 59.4 Å². The van der Waals surface area contributed by atoms with Gasteiger partial charge in [-0.05, 0) is 19.1 Å². The monoisotopic (exact) mass is 318 g/mol. The van der Waals surface area contributed by atoms with E-state index in [1.54, 1.807) is 0 Å². The molecular formula is C18H14N4O2. The van der Waals surface area contributed by atoms with Gasteiger partial charge in [-0.1, -0.05) is 42.5 Å². The number of H-pyrrole nitrogens is 2. The van der Waals surface area contributed by atoms with Crippen molar-refractivity contribution in [3.63, 3.8) is 0 Å². The Morgan fingerprint density at radius 3 is 2.46 bits per heavy atom. The van der Waals surface area contributed by atoms with Gasteiger partial charge >= 0.3 is 0 Å². The van der Waals surface area contributed by atoms with E-state index in [2.05, 4.69) is 15.1 Å². The second kappa shape index (κ2) is 5.34. The zero-order chi connectivity index (χ0) is 16.7. The molecule has 0 saturated carbocycles. The fourth-order valence-corrected chi connectivity index (χ4v) is 2.77. The van der Waals surface area contributed by atoms with Crippen molar-refractivity contribution >= 4 is 16.8 Å². The normalized spacial score (nSPS) is 11.0. The van der Waals surface area contributed by atoms with Crippen molar-refractivity contribution < 1.29 is 4.79 Å². The maximum absolute atomic E-state index is 12.7. The third kappa shape index (κ3) is 2.16. The molecule has 2 aromatic carbocycles. The van der Waals surface area contributed by atoms with Gasteiger partial charge in [-0.2, -0.15) is 4.68 Å². The summed E-state index contributed by atoms with van der Waals surface area (Å²) >= 11 is 0. The largest absolute Gasteiger partial charge is 0.322 e. The Kier molecular flexibility index (Phi) is 3.16. The molecule has 0 aliphatic carbocycles. The van der Waals surface area contributed by atoms with Gasteiger partial charge in [0, 0.05) is 5.56 Å². The molecule has 0 bridgehead atoms. The number of hydrogen-bond acceptors (Lipinski definition) is 3. The number of nitrogens with one attached hydrogen (secondary N) is 2. The van der Waals surface area contributed by atoms with Gasteiger partial charge < -0.3 is 4.98 Å². The first-order valence-corrected chi connectivity index (χ1v) is 7.51. The summed E-state index contributed by atoms with van der Waals surface area (Å²) in [4.78, 5) is 32.3. The van der Waals surface area contributed by atoms with E-state index in [9.17, 15) is 9.59 Å². The number of fused-ring (bicyclic) bond motifs is 1. The Labute approximate surface area is 136 Å². The summed E-state index contributed by atoms with van der Waals surface area (Å²) in [5.41, 5.74) is 2.55. The van der Waals surface area contributed by atoms with Crippen LogP contribution in [0.3, 0.4) is 0 Å². The molecule has 118 valence electrons. The molecule has 4 aromatic rings. The molecule has 4 rings (SSSR count). The van der Waals surface area contributed by atoms with E-state index in [4.69, 9.17) is 0 Å². The quantitative estimate of drug-likeness (QED) is 0.570. The number of benzene rings is 2. The maximum Gasteiger partial charge on any atom is 0.285 e. The number of rotatable bonds is 3. The van der Waals surface area contributed by atoms with E-state index in [0.717, 1.165) is 16.6 Å². The molecule has 0 amide bonds. The number of ketones is 1. The maximum atomic E-state index is 12.7. The van der Waals surface area contributed by atoms with Gasteiger partial charge in [0.05, 0.1) is 16.7 Å². The first-order chi connectivity index (χ1) is 11.6. The van der Waals surface area contributed by atoms with Crippen molar-refractivity contribution in [3.05, 3.63) is 70.5 Å². The zero-order valence-corrected chi connectivity index (χ0v) is 12.9. The first-order valence-electron chi connectivity index (χ1n) is 7.51. The summed E-state index contributed by atoms with van der Waals surface area (Å²) in [6, 6.07) is 16.8. The standard InChI is InChI=1S/C18H14N4O2/c1-11(23)15-16(12-7-3-2-4-8-12)21-22(17(15)24)18-19-13-9-5-6-10-14(13)20-18/h2-10,21H,1H3,(H,19,20). The van der Waals surface area contributed by atoms with Crippen LogP contribution in [-0.2, 0) is 0 Å². The average molecular weight is 318 g/mol. The molecule has 24 heavy (non-hydrogen) atoms. The van der Waals surface area contributed by atoms with Gasteiger partial charge in [0.1, 0.15) is 5.56 Å². The number of carbonyl (C=O) groups excluding carboxylic acids is 1. The van der Waals surface area contributed by atoms with E-state index in [1.165, 1.54) is 11.6 Å². The van der Waals surface area contributed by atoms with Crippen LogP contribution < -0.4 is 5.56 Å². The minimum Gasteiger partial charge on any atom is -0.322 e.